The molecule has 0 aromatic heterocycles. The highest BCUT2D eigenvalue weighted by Crippen LogP contribution is 2.08. The van der Waals surface area contributed by atoms with Crippen LogP contribution < -0.4 is 5.32 Å². The first kappa shape index (κ1) is 17.3. The number of carboxylic acids is 1. The summed E-state index contributed by atoms with van der Waals surface area (Å²) in [6.07, 6.45) is 0. The highest BCUT2D eigenvalue weighted by molar-refractivity contribution is 5.85. The number of hydrogen-bond donors (Lipinski definition) is 2. The number of aliphatic carboxylic acids is 1. The first-order valence-electron chi connectivity index (χ1n) is 5.39. The van der Waals surface area contributed by atoms with Crippen LogP contribution in [0.25, 0.3) is 0 Å². The van der Waals surface area contributed by atoms with Gasteiger partial charge < -0.3 is 10.4 Å². The molecule has 19 heavy (non-hydrogen) atoms. The summed E-state index contributed by atoms with van der Waals surface area (Å²) in [6, 6.07) is 6.31. The number of carbonyl (C=O) groups is 2. The number of nitrogens with zero attached hydrogens (tertiary/aromatic N) is 1. The molecule has 1 amide bonds. The van der Waals surface area contributed by atoms with E-state index in [1.54, 1.807) is 30.1 Å². The molecule has 0 aliphatic rings. The van der Waals surface area contributed by atoms with Crippen LogP contribution in [-0.4, -0.2) is 42.0 Å². The summed E-state index contributed by atoms with van der Waals surface area (Å²) in [5.41, 5.74) is 0.492. The summed E-state index contributed by atoms with van der Waals surface area (Å²) in [6.45, 7) is -0.110. The van der Waals surface area contributed by atoms with Gasteiger partial charge in [-0.2, -0.15) is 0 Å². The van der Waals surface area contributed by atoms with Gasteiger partial charge in [0, 0.05) is 12.1 Å². The van der Waals surface area contributed by atoms with E-state index in [9.17, 15) is 14.0 Å². The van der Waals surface area contributed by atoms with Gasteiger partial charge in [-0.1, -0.05) is 18.2 Å². The van der Waals surface area contributed by atoms with Crippen molar-refractivity contribution in [2.24, 2.45) is 0 Å². The van der Waals surface area contributed by atoms with Crippen molar-refractivity contribution in [1.29, 1.82) is 0 Å². The van der Waals surface area contributed by atoms with E-state index in [0.29, 0.717) is 5.56 Å². The zero-order valence-corrected chi connectivity index (χ0v) is 11.2. The normalized spacial score (nSPS) is 9.84. The van der Waals surface area contributed by atoms with Crippen molar-refractivity contribution in [2.75, 3.05) is 20.1 Å². The number of hydrogen-bond acceptors (Lipinski definition) is 3. The number of carboxylic acid groups (broad SMARTS) is 1. The molecule has 7 heteroatoms. The van der Waals surface area contributed by atoms with Gasteiger partial charge in [0.05, 0.1) is 6.54 Å². The fourth-order valence-corrected chi connectivity index (χ4v) is 1.45. The van der Waals surface area contributed by atoms with E-state index in [-0.39, 0.29) is 31.3 Å². The smallest absolute Gasteiger partial charge is 0.322 e. The van der Waals surface area contributed by atoms with Gasteiger partial charge >= 0.3 is 5.97 Å². The third kappa shape index (κ3) is 6.73. The first-order valence-corrected chi connectivity index (χ1v) is 5.39. The zero-order valence-electron chi connectivity index (χ0n) is 10.4. The maximum atomic E-state index is 13.3. The largest absolute Gasteiger partial charge is 0.480 e. The summed E-state index contributed by atoms with van der Waals surface area (Å²) < 4.78 is 13.3. The van der Waals surface area contributed by atoms with Crippen molar-refractivity contribution in [3.8, 4) is 0 Å². The minimum Gasteiger partial charge on any atom is -0.480 e. The van der Waals surface area contributed by atoms with Crippen molar-refractivity contribution in [3.05, 3.63) is 35.6 Å². The molecule has 0 fully saturated rings. The third-order valence-corrected chi connectivity index (χ3v) is 2.25. The van der Waals surface area contributed by atoms with Crippen LogP contribution in [-0.2, 0) is 16.1 Å². The molecule has 1 aromatic carbocycles. The molecule has 0 saturated heterocycles. The molecular formula is C12H16ClFN2O3. The van der Waals surface area contributed by atoms with Crippen LogP contribution in [0.5, 0.6) is 0 Å². The lowest BCUT2D eigenvalue weighted by molar-refractivity contribution is -0.138. The average Bonchev–Trinajstić information content (AvgIpc) is 2.29. The standard InChI is InChI=1S/C12H15FN2O3.ClH/c1-15(8-11(16)14-6-12(17)18)7-9-4-2-3-5-10(9)13;/h2-5H,6-8H2,1H3,(H,14,16)(H,17,18);1H. The maximum Gasteiger partial charge on any atom is 0.322 e. The molecule has 0 spiro atoms. The van der Waals surface area contributed by atoms with E-state index >= 15 is 0 Å². The molecule has 0 aliphatic carbocycles. The number of amides is 1. The van der Waals surface area contributed by atoms with Gasteiger partial charge in [-0.3, -0.25) is 14.5 Å². The molecule has 0 radical (unpaired) electrons. The molecule has 0 heterocycles. The molecular weight excluding hydrogens is 275 g/mol. The Morgan fingerprint density at radius 2 is 2.00 bits per heavy atom. The van der Waals surface area contributed by atoms with E-state index in [1.165, 1.54) is 6.07 Å². The summed E-state index contributed by atoms with van der Waals surface area (Å²) in [7, 11) is 1.66. The summed E-state index contributed by atoms with van der Waals surface area (Å²) in [5, 5.41) is 10.6. The Hall–Kier alpha value is -1.66. The predicted octanol–water partition coefficient (Wildman–Crippen LogP) is 0.880. The number of benzene rings is 1. The molecule has 0 bridgehead atoms. The third-order valence-electron chi connectivity index (χ3n) is 2.25. The minimum absolute atomic E-state index is 0. The number of halogens is 2. The molecule has 0 atom stereocenters. The monoisotopic (exact) mass is 290 g/mol. The van der Waals surface area contributed by atoms with Crippen LogP contribution in [0, 0.1) is 5.82 Å². The Morgan fingerprint density at radius 3 is 2.58 bits per heavy atom. The number of rotatable bonds is 6. The Kier molecular flexibility index (Phi) is 7.71. The number of carbonyl (C=O) groups excluding carboxylic acids is 1. The van der Waals surface area contributed by atoms with E-state index in [4.69, 9.17) is 5.11 Å². The molecule has 0 unspecified atom stereocenters. The second-order valence-corrected chi connectivity index (χ2v) is 3.93. The van der Waals surface area contributed by atoms with E-state index in [2.05, 4.69) is 5.32 Å². The molecule has 2 N–H and O–H groups in total. The van der Waals surface area contributed by atoms with Crippen molar-refractivity contribution >= 4 is 24.3 Å². The van der Waals surface area contributed by atoms with Gasteiger partial charge in [0.1, 0.15) is 12.4 Å². The molecule has 1 aromatic rings. The predicted molar refractivity (Wildman–Crippen MR) is 70.6 cm³/mol. The van der Waals surface area contributed by atoms with Gasteiger partial charge in [0.25, 0.3) is 0 Å². The van der Waals surface area contributed by atoms with E-state index in [1.807, 2.05) is 0 Å². The molecule has 5 nitrogen and oxygen atoms in total. The molecule has 0 aliphatic heterocycles. The molecule has 1 rings (SSSR count). The summed E-state index contributed by atoms with van der Waals surface area (Å²) >= 11 is 0. The first-order chi connectivity index (χ1) is 8.49. The molecule has 0 saturated carbocycles. The second kappa shape index (κ2) is 8.44. The topological polar surface area (TPSA) is 69.6 Å². The van der Waals surface area contributed by atoms with Gasteiger partial charge in [-0.15, -0.1) is 12.4 Å². The van der Waals surface area contributed by atoms with Gasteiger partial charge in [0.15, 0.2) is 0 Å². The Bertz CT molecular complexity index is 443. The average molecular weight is 291 g/mol. The van der Waals surface area contributed by atoms with Crippen LogP contribution in [0.15, 0.2) is 24.3 Å². The van der Waals surface area contributed by atoms with Crippen LogP contribution in [0.2, 0.25) is 0 Å². The van der Waals surface area contributed by atoms with Gasteiger partial charge in [0.2, 0.25) is 5.91 Å². The van der Waals surface area contributed by atoms with Crippen LogP contribution in [0.4, 0.5) is 4.39 Å². The molecule has 106 valence electrons. The van der Waals surface area contributed by atoms with Crippen molar-refractivity contribution in [1.82, 2.24) is 10.2 Å². The van der Waals surface area contributed by atoms with Gasteiger partial charge in [-0.25, -0.2) is 4.39 Å². The Labute approximate surface area is 116 Å². The lowest BCUT2D eigenvalue weighted by Gasteiger charge is -2.16. The van der Waals surface area contributed by atoms with Crippen molar-refractivity contribution < 1.29 is 19.1 Å². The lowest BCUT2D eigenvalue weighted by atomic mass is 10.2. The second-order valence-electron chi connectivity index (χ2n) is 3.93. The van der Waals surface area contributed by atoms with Crippen LogP contribution in [0.1, 0.15) is 5.56 Å². The fourth-order valence-electron chi connectivity index (χ4n) is 1.45. The fraction of sp³-hybridized carbons (Fsp3) is 0.333. The van der Waals surface area contributed by atoms with Crippen LogP contribution in [0.3, 0.4) is 0 Å². The van der Waals surface area contributed by atoms with E-state index in [0.717, 1.165) is 0 Å². The zero-order chi connectivity index (χ0) is 13.5. The van der Waals surface area contributed by atoms with E-state index < -0.39 is 18.4 Å². The Balaban J connectivity index is 0.00000324. The summed E-state index contributed by atoms with van der Waals surface area (Å²) in [4.78, 5) is 23.2. The van der Waals surface area contributed by atoms with Crippen molar-refractivity contribution in [2.45, 2.75) is 6.54 Å². The highest BCUT2D eigenvalue weighted by Gasteiger charge is 2.09. The SMILES string of the molecule is CN(CC(=O)NCC(=O)O)Cc1ccccc1F.Cl. The minimum atomic E-state index is -1.10. The van der Waals surface area contributed by atoms with Gasteiger partial charge in [-0.05, 0) is 13.1 Å². The van der Waals surface area contributed by atoms with Crippen molar-refractivity contribution in [3.63, 3.8) is 0 Å². The maximum absolute atomic E-state index is 13.3. The van der Waals surface area contributed by atoms with Crippen LogP contribution >= 0.6 is 12.4 Å². The summed E-state index contributed by atoms with van der Waals surface area (Å²) in [5.74, 6) is -1.83. The Morgan fingerprint density at radius 1 is 1.37 bits per heavy atom. The quantitative estimate of drug-likeness (QED) is 0.816. The lowest BCUT2D eigenvalue weighted by Crippen LogP contribution is -2.37. The number of likely N-dealkylation sites (N-methyl/N-ethyl adjacent to an activating group) is 1. The number of nitrogens with one attached hydrogen (secondary N) is 1. The highest BCUT2D eigenvalue weighted by atomic mass is 35.5.